The van der Waals surface area contributed by atoms with E-state index >= 15 is 0 Å². The molecule has 0 aliphatic carbocycles. The molecule has 10 heteroatoms. The molecule has 0 saturated carbocycles. The van der Waals surface area contributed by atoms with Crippen LogP contribution < -0.4 is 4.72 Å². The first-order chi connectivity index (χ1) is 9.56. The lowest BCUT2D eigenvalue weighted by atomic mass is 10.2. The highest BCUT2D eigenvalue weighted by Gasteiger charge is 2.23. The number of sulfonamides is 1. The van der Waals surface area contributed by atoms with Gasteiger partial charge < -0.3 is 4.90 Å². The predicted molar refractivity (Wildman–Crippen MR) is 76.7 cm³/mol. The van der Waals surface area contributed by atoms with Crippen LogP contribution in [0.15, 0.2) is 17.0 Å². The standard InChI is InChI=1S/C11H14ClN3O5S/c1-7-9(12)4-8(5-10(7)15(17)18)21(19,20)13-6-11(16)14(2)3/h4-5,13H,6H2,1-3H3. The van der Waals surface area contributed by atoms with Crippen molar-refractivity contribution in [2.45, 2.75) is 11.8 Å². The van der Waals surface area contributed by atoms with Crippen molar-refractivity contribution in [3.05, 3.63) is 32.8 Å². The van der Waals surface area contributed by atoms with E-state index in [4.69, 9.17) is 11.6 Å². The summed E-state index contributed by atoms with van der Waals surface area (Å²) in [7, 11) is -1.12. The van der Waals surface area contributed by atoms with Crippen LogP contribution in [0.2, 0.25) is 5.02 Å². The minimum atomic E-state index is -4.07. The molecule has 8 nitrogen and oxygen atoms in total. The first-order valence-electron chi connectivity index (χ1n) is 5.70. The second kappa shape index (κ2) is 6.37. The molecule has 1 rings (SSSR count). The van der Waals surface area contributed by atoms with Gasteiger partial charge in [-0.15, -0.1) is 0 Å². The summed E-state index contributed by atoms with van der Waals surface area (Å²) in [5.74, 6) is -0.453. The third-order valence-corrected chi connectivity index (χ3v) is 4.48. The molecule has 116 valence electrons. The fraction of sp³-hybridized carbons (Fsp3) is 0.364. The fourth-order valence-corrected chi connectivity index (χ4v) is 2.68. The molecule has 1 amide bonds. The third-order valence-electron chi connectivity index (χ3n) is 2.71. The number of carbonyl (C=O) groups is 1. The van der Waals surface area contributed by atoms with Gasteiger partial charge in [0.2, 0.25) is 15.9 Å². The number of amides is 1. The Balaban J connectivity index is 3.15. The van der Waals surface area contributed by atoms with Gasteiger partial charge in [-0.1, -0.05) is 11.6 Å². The quantitative estimate of drug-likeness (QED) is 0.635. The molecular formula is C11H14ClN3O5S. The SMILES string of the molecule is Cc1c(Cl)cc(S(=O)(=O)NCC(=O)N(C)C)cc1[N+](=O)[O-]. The van der Waals surface area contributed by atoms with Gasteiger partial charge in [0, 0.05) is 25.7 Å². The van der Waals surface area contributed by atoms with E-state index in [-0.39, 0.29) is 15.5 Å². The highest BCUT2D eigenvalue weighted by molar-refractivity contribution is 7.89. The summed E-state index contributed by atoms with van der Waals surface area (Å²) in [4.78, 5) is 22.4. The van der Waals surface area contributed by atoms with Gasteiger partial charge in [0.15, 0.2) is 0 Å². The number of benzene rings is 1. The molecule has 0 aromatic heterocycles. The van der Waals surface area contributed by atoms with E-state index < -0.39 is 33.1 Å². The minimum absolute atomic E-state index is 0.0384. The average molecular weight is 336 g/mol. The van der Waals surface area contributed by atoms with Gasteiger partial charge in [-0.3, -0.25) is 14.9 Å². The molecule has 1 aromatic carbocycles. The number of nitrogens with zero attached hydrogens (tertiary/aromatic N) is 2. The Bertz CT molecular complexity index is 687. The zero-order chi connectivity index (χ0) is 16.4. The summed E-state index contributed by atoms with van der Waals surface area (Å²) in [6, 6.07) is 2.01. The topological polar surface area (TPSA) is 110 Å². The molecule has 0 atom stereocenters. The van der Waals surface area contributed by atoms with Gasteiger partial charge >= 0.3 is 0 Å². The number of carbonyl (C=O) groups excluding carboxylic acids is 1. The summed E-state index contributed by atoms with van der Waals surface area (Å²) >= 11 is 5.81. The Morgan fingerprint density at radius 3 is 2.48 bits per heavy atom. The Morgan fingerprint density at radius 1 is 1.43 bits per heavy atom. The van der Waals surface area contributed by atoms with Crippen molar-refractivity contribution >= 4 is 33.2 Å². The highest BCUT2D eigenvalue weighted by atomic mass is 35.5. The van der Waals surface area contributed by atoms with E-state index in [1.807, 2.05) is 0 Å². The number of nitro benzene ring substituents is 1. The molecule has 1 N–H and O–H groups in total. The fourth-order valence-electron chi connectivity index (χ4n) is 1.38. The molecule has 0 radical (unpaired) electrons. The molecule has 1 aromatic rings. The summed E-state index contributed by atoms with van der Waals surface area (Å²) < 4.78 is 26.1. The predicted octanol–water partition coefficient (Wildman–Crippen LogP) is 0.923. The van der Waals surface area contributed by atoms with Crippen LogP contribution in [0.5, 0.6) is 0 Å². The maximum absolute atomic E-state index is 12.0. The van der Waals surface area contributed by atoms with Crippen molar-refractivity contribution in [1.29, 1.82) is 0 Å². The van der Waals surface area contributed by atoms with Gasteiger partial charge in [0.05, 0.1) is 21.4 Å². The van der Waals surface area contributed by atoms with Crippen LogP contribution in [0.3, 0.4) is 0 Å². The zero-order valence-corrected chi connectivity index (χ0v) is 13.2. The van der Waals surface area contributed by atoms with Crippen molar-refractivity contribution in [3.8, 4) is 0 Å². The van der Waals surface area contributed by atoms with Crippen molar-refractivity contribution < 1.29 is 18.1 Å². The molecule has 0 bridgehead atoms. The number of halogens is 1. The molecule has 0 heterocycles. The summed E-state index contributed by atoms with van der Waals surface area (Å²) in [5.41, 5.74) is -0.230. The Morgan fingerprint density at radius 2 is 2.00 bits per heavy atom. The van der Waals surface area contributed by atoms with Crippen LogP contribution in [0.4, 0.5) is 5.69 Å². The lowest BCUT2D eigenvalue weighted by Crippen LogP contribution is -2.36. The molecule has 21 heavy (non-hydrogen) atoms. The third kappa shape index (κ3) is 4.13. The van der Waals surface area contributed by atoms with Gasteiger partial charge in [-0.25, -0.2) is 13.1 Å². The molecule has 0 aliphatic heterocycles. The Hall–Kier alpha value is -1.71. The van der Waals surface area contributed by atoms with Gasteiger partial charge in [-0.05, 0) is 13.0 Å². The molecule has 0 aliphatic rings. The van der Waals surface area contributed by atoms with E-state index in [1.54, 1.807) is 0 Å². The second-order valence-electron chi connectivity index (χ2n) is 4.42. The van der Waals surface area contributed by atoms with Crippen LogP contribution in [0, 0.1) is 17.0 Å². The second-order valence-corrected chi connectivity index (χ2v) is 6.59. The molecule has 0 spiro atoms. The van der Waals surface area contributed by atoms with Gasteiger partial charge in [-0.2, -0.15) is 0 Å². The zero-order valence-electron chi connectivity index (χ0n) is 11.6. The van der Waals surface area contributed by atoms with Crippen LogP contribution in [-0.2, 0) is 14.8 Å². The van der Waals surface area contributed by atoms with E-state index in [9.17, 15) is 23.3 Å². The van der Waals surface area contributed by atoms with Crippen molar-refractivity contribution in [1.82, 2.24) is 9.62 Å². The monoisotopic (exact) mass is 335 g/mol. The first kappa shape index (κ1) is 17.3. The van der Waals surface area contributed by atoms with E-state index in [0.717, 1.165) is 12.1 Å². The number of likely N-dealkylation sites (N-methyl/N-ethyl adjacent to an activating group) is 1. The van der Waals surface area contributed by atoms with Gasteiger partial charge in [0.1, 0.15) is 0 Å². The van der Waals surface area contributed by atoms with Crippen LogP contribution in [0.25, 0.3) is 0 Å². The summed E-state index contributed by atoms with van der Waals surface area (Å²) in [5, 5.41) is 10.8. The maximum Gasteiger partial charge on any atom is 0.275 e. The molecule has 0 saturated heterocycles. The summed E-state index contributed by atoms with van der Waals surface area (Å²) in [6.07, 6.45) is 0. The minimum Gasteiger partial charge on any atom is -0.348 e. The summed E-state index contributed by atoms with van der Waals surface area (Å²) in [6.45, 7) is 0.967. The Kier molecular flexibility index (Phi) is 5.26. The smallest absolute Gasteiger partial charge is 0.275 e. The lowest BCUT2D eigenvalue weighted by Gasteiger charge is -2.12. The number of hydrogen-bond donors (Lipinski definition) is 1. The number of nitrogens with one attached hydrogen (secondary N) is 1. The van der Waals surface area contributed by atoms with Crippen LogP contribution in [0.1, 0.15) is 5.56 Å². The van der Waals surface area contributed by atoms with Crippen molar-refractivity contribution in [2.24, 2.45) is 0 Å². The van der Waals surface area contributed by atoms with Crippen LogP contribution >= 0.6 is 11.6 Å². The van der Waals surface area contributed by atoms with E-state index in [1.165, 1.54) is 25.9 Å². The highest BCUT2D eigenvalue weighted by Crippen LogP contribution is 2.29. The largest absolute Gasteiger partial charge is 0.348 e. The number of hydrogen-bond acceptors (Lipinski definition) is 5. The van der Waals surface area contributed by atoms with Crippen molar-refractivity contribution in [3.63, 3.8) is 0 Å². The van der Waals surface area contributed by atoms with Gasteiger partial charge in [0.25, 0.3) is 5.69 Å². The molecule has 0 unspecified atom stereocenters. The Labute approximate surface area is 126 Å². The van der Waals surface area contributed by atoms with E-state index in [0.29, 0.717) is 0 Å². The molecular weight excluding hydrogens is 322 g/mol. The normalized spacial score (nSPS) is 11.2. The maximum atomic E-state index is 12.0. The lowest BCUT2D eigenvalue weighted by molar-refractivity contribution is -0.385. The first-order valence-corrected chi connectivity index (χ1v) is 7.56. The van der Waals surface area contributed by atoms with E-state index in [2.05, 4.69) is 4.72 Å². The average Bonchev–Trinajstić information content (AvgIpc) is 2.38. The molecule has 0 fully saturated rings. The number of nitro groups is 1. The van der Waals surface area contributed by atoms with Crippen LogP contribution in [-0.4, -0.2) is 44.8 Å². The van der Waals surface area contributed by atoms with Crippen molar-refractivity contribution in [2.75, 3.05) is 20.6 Å². The number of rotatable bonds is 5.